The molecule has 0 atom stereocenters. The number of hydrogen-bond donors (Lipinski definition) is 1. The average Bonchev–Trinajstić information content (AvgIpc) is 2.98. The average molecular weight is 412 g/mol. The maximum Gasteiger partial charge on any atom is 0.355 e. The first kappa shape index (κ1) is 21.6. The normalized spacial score (nSPS) is 14.6. The second-order valence-corrected chi connectivity index (χ2v) is 7.70. The summed E-state index contributed by atoms with van der Waals surface area (Å²) in [7, 11) is 0. The molecule has 7 nitrogen and oxygen atoms in total. The number of hydrogen-bond acceptors (Lipinski definition) is 4. The van der Waals surface area contributed by atoms with Gasteiger partial charge in [0.25, 0.3) is 5.91 Å². The maximum atomic E-state index is 13.4. The van der Waals surface area contributed by atoms with Crippen molar-refractivity contribution < 1.29 is 19.1 Å². The molecule has 1 aromatic carbocycles. The van der Waals surface area contributed by atoms with E-state index in [4.69, 9.17) is 10.5 Å². The van der Waals surface area contributed by atoms with Crippen LogP contribution in [0.5, 0.6) is 0 Å². The zero-order chi connectivity index (χ0) is 21.8. The molecule has 0 bridgehead atoms. The van der Waals surface area contributed by atoms with E-state index in [0.717, 1.165) is 11.3 Å². The van der Waals surface area contributed by atoms with Gasteiger partial charge in [0.2, 0.25) is 5.91 Å². The van der Waals surface area contributed by atoms with Gasteiger partial charge >= 0.3 is 5.97 Å². The summed E-state index contributed by atoms with van der Waals surface area (Å²) in [5, 5.41) is 0. The third kappa shape index (κ3) is 4.25. The Balaban J connectivity index is 1.96. The number of amides is 2. The van der Waals surface area contributed by atoms with Gasteiger partial charge < -0.3 is 19.9 Å². The fourth-order valence-corrected chi connectivity index (χ4v) is 4.16. The second kappa shape index (κ2) is 9.15. The first-order chi connectivity index (χ1) is 14.3. The molecule has 1 aromatic heterocycles. The van der Waals surface area contributed by atoms with Gasteiger partial charge in [-0.05, 0) is 44.7 Å². The zero-order valence-electron chi connectivity index (χ0n) is 17.8. The number of carbonyl (C=O) groups is 3. The van der Waals surface area contributed by atoms with Crippen LogP contribution >= 0.6 is 0 Å². The monoisotopic (exact) mass is 411 g/mol. The van der Waals surface area contributed by atoms with E-state index in [2.05, 4.69) is 0 Å². The van der Waals surface area contributed by atoms with Gasteiger partial charge in [-0.15, -0.1) is 0 Å². The van der Waals surface area contributed by atoms with E-state index in [1.807, 2.05) is 41.8 Å². The summed E-state index contributed by atoms with van der Waals surface area (Å²) in [6.45, 7) is 7.11. The predicted molar refractivity (Wildman–Crippen MR) is 113 cm³/mol. The van der Waals surface area contributed by atoms with E-state index < -0.39 is 5.97 Å². The van der Waals surface area contributed by atoms with Crippen molar-refractivity contribution in [1.29, 1.82) is 0 Å². The summed E-state index contributed by atoms with van der Waals surface area (Å²) in [5.74, 6) is -1.05. The third-order valence-corrected chi connectivity index (χ3v) is 5.82. The SMILES string of the molecule is CCOC(=O)c1c(C)c(C(=O)N2CCC(C(N)=O)CC2)c(C)n1Cc1ccccc1. The predicted octanol–water partition coefficient (Wildman–Crippen LogP) is 2.67. The Morgan fingerprint density at radius 2 is 1.73 bits per heavy atom. The van der Waals surface area contributed by atoms with Crippen LogP contribution in [0.15, 0.2) is 30.3 Å². The van der Waals surface area contributed by atoms with Crippen molar-refractivity contribution in [2.24, 2.45) is 11.7 Å². The molecule has 30 heavy (non-hydrogen) atoms. The highest BCUT2D eigenvalue weighted by atomic mass is 16.5. The minimum Gasteiger partial charge on any atom is -0.461 e. The highest BCUT2D eigenvalue weighted by molar-refractivity contribution is 6.01. The fourth-order valence-electron chi connectivity index (χ4n) is 4.16. The van der Waals surface area contributed by atoms with Crippen LogP contribution in [0, 0.1) is 19.8 Å². The first-order valence-corrected chi connectivity index (χ1v) is 10.3. The number of nitrogens with two attached hydrogens (primary N) is 1. The van der Waals surface area contributed by atoms with Crippen LogP contribution in [0.4, 0.5) is 0 Å². The van der Waals surface area contributed by atoms with Gasteiger partial charge in [0.05, 0.1) is 12.2 Å². The van der Waals surface area contributed by atoms with Crippen molar-refractivity contribution in [2.45, 2.75) is 40.2 Å². The molecule has 1 fully saturated rings. The van der Waals surface area contributed by atoms with Crippen molar-refractivity contribution in [2.75, 3.05) is 19.7 Å². The lowest BCUT2D eigenvalue weighted by Gasteiger charge is -2.30. The lowest BCUT2D eigenvalue weighted by atomic mass is 9.95. The molecule has 0 aliphatic carbocycles. The molecule has 0 saturated carbocycles. The largest absolute Gasteiger partial charge is 0.461 e. The van der Waals surface area contributed by atoms with E-state index in [0.29, 0.717) is 49.3 Å². The molecule has 2 N–H and O–H groups in total. The number of rotatable bonds is 6. The second-order valence-electron chi connectivity index (χ2n) is 7.70. The number of ether oxygens (including phenoxy) is 1. The Morgan fingerprint density at radius 1 is 1.10 bits per heavy atom. The van der Waals surface area contributed by atoms with Crippen LogP contribution in [0.2, 0.25) is 0 Å². The molecule has 7 heteroatoms. The fraction of sp³-hybridized carbons (Fsp3) is 0.435. The molecular weight excluding hydrogens is 382 g/mol. The number of aromatic nitrogens is 1. The van der Waals surface area contributed by atoms with Crippen LogP contribution in [-0.2, 0) is 16.1 Å². The van der Waals surface area contributed by atoms with E-state index in [1.165, 1.54) is 0 Å². The summed E-state index contributed by atoms with van der Waals surface area (Å²) >= 11 is 0. The third-order valence-electron chi connectivity index (χ3n) is 5.82. The lowest BCUT2D eigenvalue weighted by Crippen LogP contribution is -2.42. The van der Waals surface area contributed by atoms with Crippen molar-refractivity contribution in [3.8, 4) is 0 Å². The number of piperidine rings is 1. The number of benzene rings is 1. The molecule has 1 saturated heterocycles. The molecule has 2 heterocycles. The van der Waals surface area contributed by atoms with Crippen LogP contribution in [-0.4, -0.2) is 46.9 Å². The van der Waals surface area contributed by atoms with Crippen molar-refractivity contribution in [1.82, 2.24) is 9.47 Å². The van der Waals surface area contributed by atoms with Gasteiger partial charge in [-0.25, -0.2) is 4.79 Å². The van der Waals surface area contributed by atoms with Crippen LogP contribution in [0.1, 0.15) is 57.4 Å². The molecule has 2 amide bonds. The van der Waals surface area contributed by atoms with E-state index in [9.17, 15) is 14.4 Å². The smallest absolute Gasteiger partial charge is 0.355 e. The van der Waals surface area contributed by atoms with Crippen molar-refractivity contribution in [3.63, 3.8) is 0 Å². The Kier molecular flexibility index (Phi) is 6.59. The Hall–Kier alpha value is -3.09. The Morgan fingerprint density at radius 3 is 2.30 bits per heavy atom. The van der Waals surface area contributed by atoms with Gasteiger partial charge in [-0.2, -0.15) is 0 Å². The Bertz CT molecular complexity index is 941. The number of carbonyl (C=O) groups excluding carboxylic acids is 3. The van der Waals surface area contributed by atoms with Crippen molar-refractivity contribution >= 4 is 17.8 Å². The molecule has 3 rings (SSSR count). The molecule has 0 radical (unpaired) electrons. The van der Waals surface area contributed by atoms with E-state index in [-0.39, 0.29) is 24.3 Å². The number of nitrogens with zero attached hydrogens (tertiary/aromatic N) is 2. The Labute approximate surface area is 176 Å². The van der Waals surface area contributed by atoms with Gasteiger partial charge in [-0.3, -0.25) is 9.59 Å². The quantitative estimate of drug-likeness (QED) is 0.740. The maximum absolute atomic E-state index is 13.4. The van der Waals surface area contributed by atoms with Gasteiger partial charge in [0.15, 0.2) is 0 Å². The van der Waals surface area contributed by atoms with Crippen LogP contribution in [0.3, 0.4) is 0 Å². The highest BCUT2D eigenvalue weighted by Crippen LogP contribution is 2.27. The molecule has 160 valence electrons. The lowest BCUT2D eigenvalue weighted by molar-refractivity contribution is -0.123. The van der Waals surface area contributed by atoms with Gasteiger partial charge in [-0.1, -0.05) is 30.3 Å². The van der Waals surface area contributed by atoms with Gasteiger partial charge in [0.1, 0.15) is 5.69 Å². The number of primary amides is 1. The molecule has 2 aromatic rings. The van der Waals surface area contributed by atoms with Crippen LogP contribution < -0.4 is 5.73 Å². The summed E-state index contributed by atoms with van der Waals surface area (Å²) in [4.78, 5) is 39.3. The van der Waals surface area contributed by atoms with Crippen molar-refractivity contribution in [3.05, 3.63) is 58.4 Å². The summed E-state index contributed by atoms with van der Waals surface area (Å²) in [6, 6.07) is 9.80. The molecule has 1 aliphatic heterocycles. The molecule has 0 spiro atoms. The standard InChI is InChI=1S/C23H29N3O4/c1-4-30-23(29)20-15(2)19(16(3)26(20)14-17-8-6-5-7-9-17)22(28)25-12-10-18(11-13-25)21(24)27/h5-9,18H,4,10-14H2,1-3H3,(H2,24,27). The van der Waals surface area contributed by atoms with E-state index >= 15 is 0 Å². The zero-order valence-corrected chi connectivity index (χ0v) is 17.8. The first-order valence-electron chi connectivity index (χ1n) is 10.3. The number of likely N-dealkylation sites (tertiary alicyclic amines) is 1. The molecule has 1 aliphatic rings. The van der Waals surface area contributed by atoms with Crippen LogP contribution in [0.25, 0.3) is 0 Å². The summed E-state index contributed by atoms with van der Waals surface area (Å²) in [5.41, 5.74) is 8.75. The summed E-state index contributed by atoms with van der Waals surface area (Å²) in [6.07, 6.45) is 1.13. The van der Waals surface area contributed by atoms with Gasteiger partial charge in [0, 0.05) is 31.2 Å². The highest BCUT2D eigenvalue weighted by Gasteiger charge is 2.32. The molecule has 0 unspecified atom stereocenters. The topological polar surface area (TPSA) is 94.6 Å². The van der Waals surface area contributed by atoms with E-state index in [1.54, 1.807) is 18.7 Å². The minimum atomic E-state index is -0.430. The number of esters is 1. The summed E-state index contributed by atoms with van der Waals surface area (Å²) < 4.78 is 7.15. The minimum absolute atomic E-state index is 0.120. The molecular formula is C23H29N3O4.